The Bertz CT molecular complexity index is 2770. The van der Waals surface area contributed by atoms with E-state index in [1.165, 1.54) is 63.9 Å². The lowest BCUT2D eigenvalue weighted by molar-refractivity contribution is 1.17. The molecule has 0 bridgehead atoms. The molecule has 0 amide bonds. The molecule has 0 saturated carbocycles. The summed E-state index contributed by atoms with van der Waals surface area (Å²) in [5.41, 5.74) is 9.43. The van der Waals surface area contributed by atoms with Crippen molar-refractivity contribution in [2.24, 2.45) is 0 Å². The molecule has 10 rings (SSSR count). The number of aromatic nitrogens is 1. The molecule has 0 saturated heterocycles. The SMILES string of the molecule is c1ccc(N(c2ccc(-n3c4ccccc4c4ccccc43)cc2)c2ccc(-c3ccc4sc5ccccc5c4c3)c3ccccc23)cc1. The van der Waals surface area contributed by atoms with Gasteiger partial charge in [0.2, 0.25) is 0 Å². The Morgan fingerprint density at radius 3 is 1.69 bits per heavy atom. The van der Waals surface area contributed by atoms with Gasteiger partial charge in [0, 0.05) is 53.4 Å². The van der Waals surface area contributed by atoms with E-state index in [1.54, 1.807) is 0 Å². The van der Waals surface area contributed by atoms with Crippen LogP contribution in [0, 0.1) is 0 Å². The highest BCUT2D eigenvalue weighted by molar-refractivity contribution is 7.25. The van der Waals surface area contributed by atoms with Gasteiger partial charge >= 0.3 is 0 Å². The van der Waals surface area contributed by atoms with Crippen LogP contribution in [0.1, 0.15) is 0 Å². The van der Waals surface area contributed by atoms with E-state index in [-0.39, 0.29) is 0 Å². The number of hydrogen-bond acceptors (Lipinski definition) is 2. The molecule has 0 aliphatic rings. The normalized spacial score (nSPS) is 11.7. The highest BCUT2D eigenvalue weighted by Crippen LogP contribution is 2.44. The monoisotopic (exact) mass is 642 g/mol. The molecule has 0 radical (unpaired) electrons. The van der Waals surface area contributed by atoms with Crippen molar-refractivity contribution in [3.63, 3.8) is 0 Å². The summed E-state index contributed by atoms with van der Waals surface area (Å²) in [6.07, 6.45) is 0. The van der Waals surface area contributed by atoms with Crippen LogP contribution in [0.4, 0.5) is 17.1 Å². The maximum absolute atomic E-state index is 2.39. The maximum atomic E-state index is 2.39. The van der Waals surface area contributed by atoms with Gasteiger partial charge in [-0.25, -0.2) is 0 Å². The summed E-state index contributed by atoms with van der Waals surface area (Å²) < 4.78 is 5.03. The molecular weight excluding hydrogens is 613 g/mol. The molecular formula is C46H30N2S. The smallest absolute Gasteiger partial charge is 0.0541 e. The lowest BCUT2D eigenvalue weighted by atomic mass is 9.95. The Kier molecular flexibility index (Phi) is 6.39. The van der Waals surface area contributed by atoms with Crippen LogP contribution in [0.2, 0.25) is 0 Å². The molecule has 3 heteroatoms. The minimum absolute atomic E-state index is 1.11. The molecule has 0 N–H and O–H groups in total. The molecule has 0 spiro atoms. The van der Waals surface area contributed by atoms with Crippen molar-refractivity contribution in [3.05, 3.63) is 182 Å². The number of rotatable bonds is 5. The second-order valence-corrected chi connectivity index (χ2v) is 13.6. The van der Waals surface area contributed by atoms with Gasteiger partial charge in [0.1, 0.15) is 0 Å². The molecule has 0 fully saturated rings. The fourth-order valence-corrected chi connectivity index (χ4v) is 8.67. The number of anilines is 3. The summed E-state index contributed by atoms with van der Waals surface area (Å²) in [6.45, 7) is 0. The maximum Gasteiger partial charge on any atom is 0.0541 e. The Morgan fingerprint density at radius 1 is 0.388 bits per heavy atom. The second kappa shape index (κ2) is 11.2. The first-order valence-corrected chi connectivity index (χ1v) is 17.5. The van der Waals surface area contributed by atoms with Crippen LogP contribution in [-0.4, -0.2) is 4.57 Å². The van der Waals surface area contributed by atoms with E-state index in [0.29, 0.717) is 0 Å². The number of benzene rings is 8. The molecule has 2 aromatic heterocycles. The first-order valence-electron chi connectivity index (χ1n) is 16.7. The summed E-state index contributed by atoms with van der Waals surface area (Å²) in [4.78, 5) is 2.39. The van der Waals surface area contributed by atoms with E-state index >= 15 is 0 Å². The van der Waals surface area contributed by atoms with Crippen LogP contribution in [-0.2, 0) is 0 Å². The van der Waals surface area contributed by atoms with Crippen LogP contribution in [0.25, 0.3) is 69.6 Å². The summed E-state index contributed by atoms with van der Waals surface area (Å²) in [7, 11) is 0. The third kappa shape index (κ3) is 4.47. The van der Waals surface area contributed by atoms with Gasteiger partial charge in [-0.3, -0.25) is 0 Å². The topological polar surface area (TPSA) is 8.17 Å². The van der Waals surface area contributed by atoms with Gasteiger partial charge in [0.25, 0.3) is 0 Å². The average Bonchev–Trinajstić information content (AvgIpc) is 3.71. The predicted octanol–water partition coefficient (Wildman–Crippen LogP) is 13.4. The fraction of sp³-hybridized carbons (Fsp3) is 0. The number of nitrogens with zero attached hydrogens (tertiary/aromatic N) is 2. The quantitative estimate of drug-likeness (QED) is 0.181. The standard InChI is InChI=1S/C46H30N2S/c1-2-12-32(13-3-1)47(33-23-25-34(26-24-33)48-42-19-9-6-16-38(42)39-17-7-10-20-43(39)48)44-28-27-35(36-14-4-5-15-37(36)44)31-22-29-46-41(30-31)40-18-8-11-21-45(40)49-46/h1-30H. The fourth-order valence-electron chi connectivity index (χ4n) is 7.58. The lowest BCUT2D eigenvalue weighted by Gasteiger charge is -2.27. The van der Waals surface area contributed by atoms with E-state index < -0.39 is 0 Å². The van der Waals surface area contributed by atoms with E-state index in [1.807, 2.05) is 11.3 Å². The number of para-hydroxylation sites is 3. The molecule has 0 aliphatic heterocycles. The van der Waals surface area contributed by atoms with E-state index in [9.17, 15) is 0 Å². The van der Waals surface area contributed by atoms with Crippen molar-refractivity contribution in [1.29, 1.82) is 0 Å². The predicted molar refractivity (Wildman–Crippen MR) is 211 cm³/mol. The summed E-state index contributed by atoms with van der Waals surface area (Å²) in [5.74, 6) is 0. The average molecular weight is 643 g/mol. The van der Waals surface area contributed by atoms with Crippen LogP contribution < -0.4 is 4.90 Å². The van der Waals surface area contributed by atoms with Gasteiger partial charge < -0.3 is 9.47 Å². The molecule has 0 unspecified atom stereocenters. The largest absolute Gasteiger partial charge is 0.310 e. The molecule has 8 aromatic carbocycles. The highest BCUT2D eigenvalue weighted by atomic mass is 32.1. The minimum Gasteiger partial charge on any atom is -0.310 e. The number of fused-ring (bicyclic) bond motifs is 7. The lowest BCUT2D eigenvalue weighted by Crippen LogP contribution is -2.10. The van der Waals surface area contributed by atoms with Crippen LogP contribution in [0.5, 0.6) is 0 Å². The first kappa shape index (κ1) is 27.9. The molecule has 2 nitrogen and oxygen atoms in total. The zero-order valence-electron chi connectivity index (χ0n) is 26.6. The second-order valence-electron chi connectivity index (χ2n) is 12.5. The van der Waals surface area contributed by atoms with Crippen LogP contribution >= 0.6 is 11.3 Å². The van der Waals surface area contributed by atoms with Crippen LogP contribution in [0.15, 0.2) is 182 Å². The van der Waals surface area contributed by atoms with Gasteiger partial charge in [-0.05, 0) is 89.3 Å². The Hall–Kier alpha value is -6.16. The van der Waals surface area contributed by atoms with Crippen molar-refractivity contribution >= 4 is 81.1 Å². The van der Waals surface area contributed by atoms with Crippen LogP contribution in [0.3, 0.4) is 0 Å². The molecule has 49 heavy (non-hydrogen) atoms. The van der Waals surface area contributed by atoms with Crippen molar-refractivity contribution in [2.75, 3.05) is 4.90 Å². The van der Waals surface area contributed by atoms with Gasteiger partial charge in [0.15, 0.2) is 0 Å². The van der Waals surface area contributed by atoms with Gasteiger partial charge in [-0.15, -0.1) is 11.3 Å². The Labute approximate surface area is 288 Å². The zero-order valence-corrected chi connectivity index (χ0v) is 27.4. The van der Waals surface area contributed by atoms with Crippen molar-refractivity contribution in [2.45, 2.75) is 0 Å². The van der Waals surface area contributed by atoms with Crippen molar-refractivity contribution in [1.82, 2.24) is 4.57 Å². The van der Waals surface area contributed by atoms with E-state index in [4.69, 9.17) is 0 Å². The van der Waals surface area contributed by atoms with E-state index in [2.05, 4.69) is 191 Å². The molecule has 2 heterocycles. The summed E-state index contributed by atoms with van der Waals surface area (Å²) >= 11 is 1.86. The third-order valence-corrected chi connectivity index (χ3v) is 10.9. The van der Waals surface area contributed by atoms with Gasteiger partial charge in [0.05, 0.1) is 16.7 Å². The first-order chi connectivity index (χ1) is 24.3. The highest BCUT2D eigenvalue weighted by Gasteiger charge is 2.19. The summed E-state index contributed by atoms with van der Waals surface area (Å²) in [5, 5.41) is 7.63. The molecule has 10 aromatic rings. The molecule has 230 valence electrons. The summed E-state index contributed by atoms with van der Waals surface area (Å²) in [6, 6.07) is 66.2. The van der Waals surface area contributed by atoms with E-state index in [0.717, 1.165) is 22.7 Å². The van der Waals surface area contributed by atoms with Crippen molar-refractivity contribution < 1.29 is 0 Å². The Morgan fingerprint density at radius 2 is 0.959 bits per heavy atom. The van der Waals surface area contributed by atoms with Gasteiger partial charge in [-0.2, -0.15) is 0 Å². The molecule has 0 aliphatic carbocycles. The number of hydrogen-bond donors (Lipinski definition) is 0. The zero-order chi connectivity index (χ0) is 32.3. The van der Waals surface area contributed by atoms with Gasteiger partial charge in [-0.1, -0.05) is 109 Å². The Balaban J connectivity index is 1.13. The third-order valence-electron chi connectivity index (χ3n) is 9.79. The number of thiophene rings is 1. The molecule has 0 atom stereocenters. The van der Waals surface area contributed by atoms with Crippen molar-refractivity contribution in [3.8, 4) is 16.8 Å². The minimum atomic E-state index is 1.11.